The van der Waals surface area contributed by atoms with E-state index in [4.69, 9.17) is 17.3 Å². The van der Waals surface area contributed by atoms with Crippen LogP contribution in [0.5, 0.6) is 0 Å². The zero-order chi connectivity index (χ0) is 21.8. The molecule has 0 spiro atoms. The summed E-state index contributed by atoms with van der Waals surface area (Å²) in [7, 11) is 0. The van der Waals surface area contributed by atoms with Crippen LogP contribution in [-0.4, -0.2) is 14.3 Å². The van der Waals surface area contributed by atoms with Gasteiger partial charge in [0.2, 0.25) is 0 Å². The summed E-state index contributed by atoms with van der Waals surface area (Å²) in [5.41, 5.74) is 3.32. The Labute approximate surface area is 188 Å². The second kappa shape index (κ2) is 7.12. The fourth-order valence-corrected chi connectivity index (χ4v) is 5.70. The lowest BCUT2D eigenvalue weighted by Crippen LogP contribution is -2.35. The Balaban J connectivity index is 1.87. The van der Waals surface area contributed by atoms with E-state index < -0.39 is 11.0 Å². The highest BCUT2D eigenvalue weighted by Crippen LogP contribution is 2.46. The number of hydrogen-bond donors (Lipinski definition) is 0. The van der Waals surface area contributed by atoms with Crippen molar-refractivity contribution in [3.63, 3.8) is 0 Å². The summed E-state index contributed by atoms with van der Waals surface area (Å²) in [6.45, 7) is 4.19. The Morgan fingerprint density at radius 3 is 2.29 bits per heavy atom. The molecule has 0 N–H and O–H groups in total. The lowest BCUT2D eigenvalue weighted by Gasteiger charge is -2.32. The number of benzene rings is 2. The highest BCUT2D eigenvalue weighted by molar-refractivity contribution is 7.73. The van der Waals surface area contributed by atoms with Gasteiger partial charge in [0.05, 0.1) is 16.3 Å². The number of hydrogen-bond acceptors (Lipinski definition) is 5. The van der Waals surface area contributed by atoms with Gasteiger partial charge in [0.15, 0.2) is 3.95 Å². The molecular formula is C24H18N4OS2. The minimum Gasteiger partial charge on any atom is -0.295 e. The normalized spacial score (nSPS) is 13.8. The van der Waals surface area contributed by atoms with Crippen LogP contribution in [0.2, 0.25) is 0 Å². The third-order valence-corrected chi connectivity index (χ3v) is 7.04. The Morgan fingerprint density at radius 1 is 1.06 bits per heavy atom. The smallest absolute Gasteiger partial charge is 0.290 e. The Hall–Kier alpha value is -3.34. The molecule has 1 aliphatic carbocycles. The Kier molecular flexibility index (Phi) is 4.50. The van der Waals surface area contributed by atoms with Gasteiger partial charge in [-0.05, 0) is 36.5 Å². The molecule has 4 aromatic rings. The van der Waals surface area contributed by atoms with Crippen molar-refractivity contribution in [3.8, 4) is 27.9 Å². The van der Waals surface area contributed by atoms with Crippen molar-refractivity contribution in [2.75, 3.05) is 0 Å². The number of aromatic nitrogens is 3. The van der Waals surface area contributed by atoms with Crippen LogP contribution in [0.15, 0.2) is 65.5 Å². The first-order chi connectivity index (χ1) is 14.9. The molecule has 0 amide bonds. The first-order valence-corrected chi connectivity index (χ1v) is 11.1. The van der Waals surface area contributed by atoms with E-state index in [0.29, 0.717) is 21.6 Å². The summed E-state index contributed by atoms with van der Waals surface area (Å²) in [4.78, 5) is 14.2. The van der Waals surface area contributed by atoms with Crippen LogP contribution < -0.4 is 5.56 Å². The van der Waals surface area contributed by atoms with Crippen molar-refractivity contribution in [2.24, 2.45) is 0 Å². The largest absolute Gasteiger partial charge is 0.295 e. The van der Waals surface area contributed by atoms with Gasteiger partial charge >= 0.3 is 0 Å². The third kappa shape index (κ3) is 2.99. The van der Waals surface area contributed by atoms with E-state index in [0.717, 1.165) is 22.0 Å². The Morgan fingerprint density at radius 2 is 1.68 bits per heavy atom. The van der Waals surface area contributed by atoms with Crippen molar-refractivity contribution in [2.45, 2.75) is 25.7 Å². The molecule has 1 aliphatic rings. The summed E-state index contributed by atoms with van der Waals surface area (Å²) in [6, 6.07) is 21.3. The molecule has 0 unspecified atom stereocenters. The number of nitrogens with zero attached hydrogens (tertiary/aromatic N) is 4. The van der Waals surface area contributed by atoms with Crippen molar-refractivity contribution >= 4 is 23.6 Å². The third-order valence-electron chi connectivity index (χ3n) is 5.60. The summed E-state index contributed by atoms with van der Waals surface area (Å²) in [6.07, 6.45) is 0.697. The number of fused-ring (bicyclic) bond motifs is 3. The highest BCUT2D eigenvalue weighted by Gasteiger charge is 2.39. The molecule has 2 heterocycles. The SMILES string of the molecule is CC1(C)Cc2c(sc(=S)n2-c2ccccc2)-c2c1nn(-c1ccccc1)c(=O)c2C#N. The quantitative estimate of drug-likeness (QED) is 0.401. The molecule has 0 saturated carbocycles. The minimum absolute atomic E-state index is 0.110. The van der Waals surface area contributed by atoms with Gasteiger partial charge in [-0.25, -0.2) is 0 Å². The maximum Gasteiger partial charge on any atom is 0.290 e. The van der Waals surface area contributed by atoms with E-state index in [2.05, 4.69) is 24.5 Å². The molecule has 0 aliphatic heterocycles. The van der Waals surface area contributed by atoms with Gasteiger partial charge in [0, 0.05) is 28.8 Å². The Bertz CT molecular complexity index is 1470. The van der Waals surface area contributed by atoms with Crippen molar-refractivity contribution < 1.29 is 0 Å². The number of nitriles is 1. The fourth-order valence-electron chi connectivity index (χ4n) is 4.17. The molecule has 0 radical (unpaired) electrons. The van der Waals surface area contributed by atoms with Gasteiger partial charge in [-0.3, -0.25) is 9.36 Å². The maximum absolute atomic E-state index is 13.3. The van der Waals surface area contributed by atoms with Gasteiger partial charge in [0.1, 0.15) is 11.6 Å². The maximum atomic E-state index is 13.3. The molecule has 0 atom stereocenters. The van der Waals surface area contributed by atoms with E-state index >= 15 is 0 Å². The average molecular weight is 443 g/mol. The van der Waals surface area contributed by atoms with Crippen LogP contribution in [0.3, 0.4) is 0 Å². The molecule has 0 saturated heterocycles. The summed E-state index contributed by atoms with van der Waals surface area (Å²) < 4.78 is 4.09. The zero-order valence-corrected chi connectivity index (χ0v) is 18.6. The second-order valence-corrected chi connectivity index (χ2v) is 9.78. The molecule has 5 rings (SSSR count). The molecule has 0 bridgehead atoms. The first kappa shape index (κ1) is 19.6. The van der Waals surface area contributed by atoms with Crippen LogP contribution in [0.25, 0.3) is 21.8 Å². The zero-order valence-electron chi connectivity index (χ0n) is 17.0. The van der Waals surface area contributed by atoms with Gasteiger partial charge in [-0.2, -0.15) is 15.0 Å². The highest BCUT2D eigenvalue weighted by atomic mass is 32.1. The van der Waals surface area contributed by atoms with Crippen LogP contribution in [0.4, 0.5) is 0 Å². The van der Waals surface area contributed by atoms with E-state index in [1.165, 1.54) is 16.0 Å². The summed E-state index contributed by atoms with van der Waals surface area (Å²) >= 11 is 7.15. The molecule has 0 fully saturated rings. The second-order valence-electron chi connectivity index (χ2n) is 8.14. The van der Waals surface area contributed by atoms with Crippen LogP contribution in [-0.2, 0) is 11.8 Å². The molecular weight excluding hydrogens is 424 g/mol. The van der Waals surface area contributed by atoms with E-state index in [9.17, 15) is 10.1 Å². The molecule has 2 aromatic carbocycles. The van der Waals surface area contributed by atoms with E-state index in [1.54, 1.807) is 0 Å². The van der Waals surface area contributed by atoms with Gasteiger partial charge in [-0.1, -0.05) is 50.2 Å². The van der Waals surface area contributed by atoms with Crippen LogP contribution >= 0.6 is 23.6 Å². The summed E-state index contributed by atoms with van der Waals surface area (Å²) in [5.74, 6) is 0. The van der Waals surface area contributed by atoms with Gasteiger partial charge in [-0.15, -0.1) is 11.3 Å². The molecule has 31 heavy (non-hydrogen) atoms. The van der Waals surface area contributed by atoms with Crippen LogP contribution in [0.1, 0.15) is 30.8 Å². The predicted octanol–water partition coefficient (Wildman–Crippen LogP) is 5.19. The fraction of sp³-hybridized carbons (Fsp3) is 0.167. The standard InChI is InChI=1S/C24H18N4OS2/c1-24(2)13-18-20(31-23(30)27(18)15-9-5-3-6-10-15)19-17(14-25)22(29)28(26-21(19)24)16-11-7-4-8-12-16/h3-12H,13H2,1-2H3. The van der Waals surface area contributed by atoms with Gasteiger partial charge < -0.3 is 0 Å². The van der Waals surface area contributed by atoms with Crippen molar-refractivity contribution in [1.29, 1.82) is 5.26 Å². The molecule has 5 nitrogen and oxygen atoms in total. The predicted molar refractivity (Wildman–Crippen MR) is 125 cm³/mol. The van der Waals surface area contributed by atoms with Crippen molar-refractivity contribution in [1.82, 2.24) is 14.3 Å². The number of para-hydroxylation sites is 2. The van der Waals surface area contributed by atoms with Crippen molar-refractivity contribution in [3.05, 3.63) is 91.9 Å². The monoisotopic (exact) mass is 442 g/mol. The van der Waals surface area contributed by atoms with Crippen LogP contribution in [0, 0.1) is 15.3 Å². The lowest BCUT2D eigenvalue weighted by molar-refractivity contribution is 0.475. The van der Waals surface area contributed by atoms with E-state index in [1.807, 2.05) is 60.7 Å². The van der Waals surface area contributed by atoms with E-state index in [-0.39, 0.29) is 5.56 Å². The molecule has 152 valence electrons. The first-order valence-electron chi connectivity index (χ1n) is 9.86. The number of rotatable bonds is 2. The number of thiazole rings is 1. The minimum atomic E-state index is -0.415. The summed E-state index contributed by atoms with van der Waals surface area (Å²) in [5, 5.41) is 14.8. The average Bonchev–Trinajstić information content (AvgIpc) is 3.09. The topological polar surface area (TPSA) is 63.6 Å². The molecule has 2 aromatic heterocycles. The lowest BCUT2D eigenvalue weighted by atomic mass is 9.76. The molecule has 7 heteroatoms. The van der Waals surface area contributed by atoms with Gasteiger partial charge in [0.25, 0.3) is 5.56 Å².